The van der Waals surface area contributed by atoms with Gasteiger partial charge in [-0.2, -0.15) is 5.10 Å². The third-order valence-corrected chi connectivity index (χ3v) is 3.00. The van der Waals surface area contributed by atoms with Crippen LogP contribution in [0.1, 0.15) is 5.56 Å². The van der Waals surface area contributed by atoms with Crippen LogP contribution >= 0.6 is 22.6 Å². The molecule has 1 aromatic carbocycles. The number of benzene rings is 1. The molecule has 0 spiro atoms. The van der Waals surface area contributed by atoms with Gasteiger partial charge in [0.15, 0.2) is 11.5 Å². The van der Waals surface area contributed by atoms with Gasteiger partial charge in [-0.15, -0.1) is 10.2 Å². The fourth-order valence-corrected chi connectivity index (χ4v) is 2.25. The largest absolute Gasteiger partial charge is 0.493 e. The third kappa shape index (κ3) is 2.78. The van der Waals surface area contributed by atoms with Crippen molar-refractivity contribution < 1.29 is 9.47 Å². The third-order valence-electron chi connectivity index (χ3n) is 2.20. The Morgan fingerprint density at radius 3 is 2.56 bits per heavy atom. The molecule has 1 aromatic heterocycles. The average molecular weight is 358 g/mol. The Labute approximate surface area is 118 Å². The van der Waals surface area contributed by atoms with Gasteiger partial charge in [-0.25, -0.2) is 4.68 Å². The summed E-state index contributed by atoms with van der Waals surface area (Å²) in [4.78, 5) is 0. The van der Waals surface area contributed by atoms with E-state index in [1.807, 2.05) is 12.1 Å². The maximum Gasteiger partial charge on any atom is 0.174 e. The van der Waals surface area contributed by atoms with E-state index in [2.05, 4.69) is 37.9 Å². The molecule has 0 bridgehead atoms. The SMILES string of the molecule is COc1cc(/C=N\n2cnnc2)cc(I)c1OC. The van der Waals surface area contributed by atoms with E-state index in [1.54, 1.807) is 20.4 Å². The molecule has 2 rings (SSSR count). The molecule has 0 aliphatic heterocycles. The second-order valence-electron chi connectivity index (χ2n) is 3.32. The molecule has 6 nitrogen and oxygen atoms in total. The van der Waals surface area contributed by atoms with Crippen molar-refractivity contribution in [3.8, 4) is 11.5 Å². The van der Waals surface area contributed by atoms with Gasteiger partial charge in [0.1, 0.15) is 12.7 Å². The Bertz CT molecular complexity index is 554. The topological polar surface area (TPSA) is 61.5 Å². The number of hydrogen-bond donors (Lipinski definition) is 0. The number of nitrogens with zero attached hydrogens (tertiary/aromatic N) is 4. The lowest BCUT2D eigenvalue weighted by Crippen LogP contribution is -1.96. The van der Waals surface area contributed by atoms with Crippen molar-refractivity contribution >= 4 is 28.8 Å². The minimum atomic E-state index is 0.676. The molecule has 0 N–H and O–H groups in total. The summed E-state index contributed by atoms with van der Waals surface area (Å²) in [7, 11) is 3.22. The van der Waals surface area contributed by atoms with Crippen LogP contribution in [0.3, 0.4) is 0 Å². The van der Waals surface area contributed by atoms with E-state index < -0.39 is 0 Å². The molecule has 0 saturated carbocycles. The van der Waals surface area contributed by atoms with Gasteiger partial charge < -0.3 is 9.47 Å². The summed E-state index contributed by atoms with van der Waals surface area (Å²) in [6.07, 6.45) is 4.73. The maximum absolute atomic E-state index is 5.27. The standard InChI is InChI=1S/C11H11IN4O2/c1-17-10-4-8(3-9(12)11(10)18-2)5-15-16-6-13-14-7-16/h3-7H,1-2H3/b15-5-. The molecule has 1 heterocycles. The summed E-state index contributed by atoms with van der Waals surface area (Å²) < 4.78 is 13.0. The van der Waals surface area contributed by atoms with Crippen LogP contribution in [0.4, 0.5) is 0 Å². The van der Waals surface area contributed by atoms with Crippen LogP contribution in [0.25, 0.3) is 0 Å². The van der Waals surface area contributed by atoms with Gasteiger partial charge in [-0.05, 0) is 40.3 Å². The summed E-state index contributed by atoms with van der Waals surface area (Å²) in [6.45, 7) is 0. The van der Waals surface area contributed by atoms with Crippen molar-refractivity contribution in [1.29, 1.82) is 0 Å². The first kappa shape index (κ1) is 12.8. The number of ether oxygens (including phenoxy) is 2. The summed E-state index contributed by atoms with van der Waals surface area (Å²) in [5.41, 5.74) is 0.908. The number of hydrogen-bond acceptors (Lipinski definition) is 5. The summed E-state index contributed by atoms with van der Waals surface area (Å²) >= 11 is 2.19. The van der Waals surface area contributed by atoms with Gasteiger partial charge in [0.25, 0.3) is 0 Å². The second kappa shape index (κ2) is 5.80. The molecule has 0 fully saturated rings. The van der Waals surface area contributed by atoms with Crippen LogP contribution in [-0.4, -0.2) is 35.3 Å². The molecule has 0 atom stereocenters. The van der Waals surface area contributed by atoms with E-state index in [4.69, 9.17) is 9.47 Å². The van der Waals surface area contributed by atoms with Crippen LogP contribution < -0.4 is 9.47 Å². The van der Waals surface area contributed by atoms with Crippen LogP contribution in [-0.2, 0) is 0 Å². The zero-order valence-electron chi connectivity index (χ0n) is 9.87. The lowest BCUT2D eigenvalue weighted by Gasteiger charge is -2.10. The van der Waals surface area contributed by atoms with Crippen LogP contribution in [0.2, 0.25) is 0 Å². The lowest BCUT2D eigenvalue weighted by atomic mass is 10.2. The Hall–Kier alpha value is -1.64. The van der Waals surface area contributed by atoms with Gasteiger partial charge in [-0.3, -0.25) is 0 Å². The first-order valence-corrected chi connectivity index (χ1v) is 6.13. The van der Waals surface area contributed by atoms with Crippen molar-refractivity contribution in [3.63, 3.8) is 0 Å². The van der Waals surface area contributed by atoms with Gasteiger partial charge >= 0.3 is 0 Å². The monoisotopic (exact) mass is 358 g/mol. The molecular formula is C11H11IN4O2. The van der Waals surface area contributed by atoms with Crippen LogP contribution in [0.5, 0.6) is 11.5 Å². The minimum Gasteiger partial charge on any atom is -0.493 e. The number of halogens is 1. The quantitative estimate of drug-likeness (QED) is 0.618. The molecule has 0 saturated heterocycles. The highest BCUT2D eigenvalue weighted by Gasteiger charge is 2.09. The van der Waals surface area contributed by atoms with E-state index in [0.29, 0.717) is 5.75 Å². The van der Waals surface area contributed by atoms with Crippen molar-refractivity contribution in [3.05, 3.63) is 33.9 Å². The van der Waals surface area contributed by atoms with Crippen molar-refractivity contribution in [2.75, 3.05) is 14.2 Å². The van der Waals surface area contributed by atoms with Gasteiger partial charge in [-0.1, -0.05) is 0 Å². The molecule has 18 heavy (non-hydrogen) atoms. The normalized spacial score (nSPS) is 10.8. The maximum atomic E-state index is 5.27. The highest BCUT2D eigenvalue weighted by molar-refractivity contribution is 14.1. The zero-order valence-corrected chi connectivity index (χ0v) is 12.0. The second-order valence-corrected chi connectivity index (χ2v) is 4.49. The highest BCUT2D eigenvalue weighted by Crippen LogP contribution is 2.32. The molecular weight excluding hydrogens is 347 g/mol. The van der Waals surface area contributed by atoms with Crippen molar-refractivity contribution in [2.24, 2.45) is 5.10 Å². The molecule has 0 aliphatic rings. The Balaban J connectivity index is 2.32. The Morgan fingerprint density at radius 1 is 1.22 bits per heavy atom. The fourth-order valence-electron chi connectivity index (χ4n) is 1.40. The highest BCUT2D eigenvalue weighted by atomic mass is 127. The number of rotatable bonds is 4. The predicted molar refractivity (Wildman–Crippen MR) is 75.3 cm³/mol. The van der Waals surface area contributed by atoms with E-state index in [0.717, 1.165) is 14.9 Å². The smallest absolute Gasteiger partial charge is 0.174 e. The van der Waals surface area contributed by atoms with E-state index in [-0.39, 0.29) is 0 Å². The van der Waals surface area contributed by atoms with Gasteiger partial charge in [0.2, 0.25) is 0 Å². The van der Waals surface area contributed by atoms with E-state index >= 15 is 0 Å². The predicted octanol–water partition coefficient (Wildman–Crippen LogP) is 1.78. The van der Waals surface area contributed by atoms with Crippen molar-refractivity contribution in [2.45, 2.75) is 0 Å². The Kier molecular flexibility index (Phi) is 4.13. The first-order chi connectivity index (χ1) is 8.74. The molecule has 0 aliphatic carbocycles. The fraction of sp³-hybridized carbons (Fsp3) is 0.182. The lowest BCUT2D eigenvalue weighted by molar-refractivity contribution is 0.353. The molecule has 7 heteroatoms. The summed E-state index contributed by atoms with van der Waals surface area (Å²) in [5, 5.41) is 11.5. The minimum absolute atomic E-state index is 0.676. The van der Waals surface area contributed by atoms with Crippen LogP contribution in [0.15, 0.2) is 29.9 Å². The molecule has 0 unspecified atom stereocenters. The molecule has 0 radical (unpaired) electrons. The van der Waals surface area contributed by atoms with E-state index in [9.17, 15) is 0 Å². The number of methoxy groups -OCH3 is 2. The summed E-state index contributed by atoms with van der Waals surface area (Å²) in [6, 6.07) is 3.81. The zero-order chi connectivity index (χ0) is 13.0. The van der Waals surface area contributed by atoms with Crippen molar-refractivity contribution in [1.82, 2.24) is 14.9 Å². The van der Waals surface area contributed by atoms with Crippen LogP contribution in [0, 0.1) is 3.57 Å². The van der Waals surface area contributed by atoms with Gasteiger partial charge in [0, 0.05) is 0 Å². The molecule has 0 amide bonds. The molecule has 94 valence electrons. The van der Waals surface area contributed by atoms with E-state index in [1.165, 1.54) is 17.3 Å². The average Bonchev–Trinajstić information content (AvgIpc) is 2.88. The summed E-state index contributed by atoms with van der Waals surface area (Å²) in [5.74, 6) is 1.40. The van der Waals surface area contributed by atoms with Gasteiger partial charge in [0.05, 0.1) is 24.0 Å². The Morgan fingerprint density at radius 2 is 1.94 bits per heavy atom. The molecule has 2 aromatic rings. The number of aromatic nitrogens is 3. The first-order valence-electron chi connectivity index (χ1n) is 5.05.